The second-order valence-electron chi connectivity index (χ2n) is 5.16. The zero-order valence-electron chi connectivity index (χ0n) is 11.7. The molecule has 5 heteroatoms. The number of benzene rings is 1. The van der Waals surface area contributed by atoms with Gasteiger partial charge >= 0.3 is 0 Å². The molecule has 1 amide bonds. The molecule has 1 fully saturated rings. The first kappa shape index (κ1) is 17.0. The first-order valence-electron chi connectivity index (χ1n) is 6.81. The molecule has 1 aromatic rings. The van der Waals surface area contributed by atoms with Crippen molar-refractivity contribution in [1.82, 2.24) is 5.32 Å². The molecule has 3 unspecified atom stereocenters. The maximum absolute atomic E-state index is 11.9. The molecule has 0 heterocycles. The van der Waals surface area contributed by atoms with Gasteiger partial charge in [0, 0.05) is 25.6 Å². The highest BCUT2D eigenvalue weighted by molar-refractivity contribution is 5.85. The van der Waals surface area contributed by atoms with Crippen LogP contribution in [0.2, 0.25) is 0 Å². The molecule has 1 aliphatic carbocycles. The van der Waals surface area contributed by atoms with E-state index in [2.05, 4.69) is 5.32 Å². The highest BCUT2D eigenvalue weighted by Crippen LogP contribution is 2.22. The lowest BCUT2D eigenvalue weighted by Gasteiger charge is -2.16. The minimum absolute atomic E-state index is 0. The van der Waals surface area contributed by atoms with Crippen LogP contribution in [-0.4, -0.2) is 25.2 Å². The Morgan fingerprint density at radius 3 is 2.70 bits per heavy atom. The van der Waals surface area contributed by atoms with Gasteiger partial charge in [0.2, 0.25) is 5.91 Å². The van der Waals surface area contributed by atoms with Gasteiger partial charge in [0.05, 0.1) is 6.10 Å². The van der Waals surface area contributed by atoms with Gasteiger partial charge in [-0.1, -0.05) is 30.3 Å². The van der Waals surface area contributed by atoms with Crippen molar-refractivity contribution in [1.29, 1.82) is 0 Å². The summed E-state index contributed by atoms with van der Waals surface area (Å²) < 4.78 is 5.30. The van der Waals surface area contributed by atoms with Crippen molar-refractivity contribution < 1.29 is 9.53 Å². The van der Waals surface area contributed by atoms with Crippen LogP contribution in [0, 0.1) is 0 Å². The Hall–Kier alpha value is -1.10. The monoisotopic (exact) mass is 298 g/mol. The third kappa shape index (κ3) is 4.78. The Labute approximate surface area is 126 Å². The first-order chi connectivity index (χ1) is 9.19. The Bertz CT molecular complexity index is 414. The molecular weight excluding hydrogens is 276 g/mol. The maximum Gasteiger partial charge on any atom is 0.222 e. The molecule has 0 saturated heterocycles. The quantitative estimate of drug-likeness (QED) is 0.876. The third-order valence-electron chi connectivity index (χ3n) is 3.72. The summed E-state index contributed by atoms with van der Waals surface area (Å²) in [7, 11) is 1.72. The Morgan fingerprint density at radius 1 is 1.40 bits per heavy atom. The molecule has 1 aromatic carbocycles. The van der Waals surface area contributed by atoms with Gasteiger partial charge in [-0.15, -0.1) is 12.4 Å². The maximum atomic E-state index is 11.9. The second-order valence-corrected chi connectivity index (χ2v) is 5.16. The molecule has 0 bridgehead atoms. The molecule has 3 atom stereocenters. The number of nitrogens with one attached hydrogen (secondary N) is 1. The standard InChI is InChI=1S/C15H22N2O2.ClH/c1-19-13-8-7-12(9-13)17-15(18)10-14(16)11-5-3-2-4-6-11;/h2-6,12-14H,7-10,16H2,1H3,(H,17,18);1H. The van der Waals surface area contributed by atoms with E-state index in [-0.39, 0.29) is 36.5 Å². The van der Waals surface area contributed by atoms with E-state index in [1.54, 1.807) is 7.11 Å². The Balaban J connectivity index is 0.00000200. The molecular formula is C15H23ClN2O2. The number of ether oxygens (including phenoxy) is 1. The van der Waals surface area contributed by atoms with Crippen LogP contribution in [0.5, 0.6) is 0 Å². The predicted octanol–water partition coefficient (Wildman–Crippen LogP) is 2.18. The molecule has 2 rings (SSSR count). The topological polar surface area (TPSA) is 64.3 Å². The number of rotatable bonds is 5. The van der Waals surface area contributed by atoms with E-state index in [0.29, 0.717) is 6.42 Å². The van der Waals surface area contributed by atoms with E-state index in [9.17, 15) is 4.79 Å². The fourth-order valence-corrected chi connectivity index (χ4v) is 2.59. The molecule has 1 aliphatic rings. The first-order valence-corrected chi connectivity index (χ1v) is 6.81. The third-order valence-corrected chi connectivity index (χ3v) is 3.72. The van der Waals surface area contributed by atoms with Gasteiger partial charge < -0.3 is 15.8 Å². The molecule has 112 valence electrons. The number of carbonyl (C=O) groups excluding carboxylic acids is 1. The van der Waals surface area contributed by atoms with Gasteiger partial charge in [0.1, 0.15) is 0 Å². The van der Waals surface area contributed by atoms with Gasteiger partial charge in [-0.3, -0.25) is 4.79 Å². The number of hydrogen-bond acceptors (Lipinski definition) is 3. The van der Waals surface area contributed by atoms with Crippen molar-refractivity contribution in [3.05, 3.63) is 35.9 Å². The van der Waals surface area contributed by atoms with E-state index < -0.39 is 0 Å². The molecule has 0 aliphatic heterocycles. The van der Waals surface area contributed by atoms with E-state index in [1.807, 2.05) is 30.3 Å². The molecule has 0 radical (unpaired) electrons. The largest absolute Gasteiger partial charge is 0.381 e. The van der Waals surface area contributed by atoms with Crippen LogP contribution in [-0.2, 0) is 9.53 Å². The number of hydrogen-bond donors (Lipinski definition) is 2. The van der Waals surface area contributed by atoms with Crippen molar-refractivity contribution in [3.63, 3.8) is 0 Å². The number of halogens is 1. The second kappa shape index (κ2) is 8.25. The fourth-order valence-electron chi connectivity index (χ4n) is 2.59. The summed E-state index contributed by atoms with van der Waals surface area (Å²) in [6, 6.07) is 9.73. The number of amides is 1. The van der Waals surface area contributed by atoms with E-state index in [1.165, 1.54) is 0 Å². The minimum Gasteiger partial charge on any atom is -0.381 e. The summed E-state index contributed by atoms with van der Waals surface area (Å²) in [6.07, 6.45) is 3.53. The highest BCUT2D eigenvalue weighted by Gasteiger charge is 2.26. The lowest BCUT2D eigenvalue weighted by Crippen LogP contribution is -2.35. The zero-order valence-corrected chi connectivity index (χ0v) is 12.6. The predicted molar refractivity (Wildman–Crippen MR) is 81.8 cm³/mol. The van der Waals surface area contributed by atoms with Gasteiger partial charge in [-0.05, 0) is 24.8 Å². The van der Waals surface area contributed by atoms with Crippen molar-refractivity contribution >= 4 is 18.3 Å². The number of nitrogens with two attached hydrogens (primary N) is 1. The minimum atomic E-state index is -0.235. The highest BCUT2D eigenvalue weighted by atomic mass is 35.5. The SMILES string of the molecule is COC1CCC(NC(=O)CC(N)c2ccccc2)C1.Cl. The Kier molecular flexibility index (Phi) is 6.99. The van der Waals surface area contributed by atoms with Crippen molar-refractivity contribution in [2.24, 2.45) is 5.73 Å². The molecule has 1 saturated carbocycles. The van der Waals surface area contributed by atoms with Crippen LogP contribution in [0.25, 0.3) is 0 Å². The van der Waals surface area contributed by atoms with E-state index in [0.717, 1.165) is 24.8 Å². The summed E-state index contributed by atoms with van der Waals surface area (Å²) in [5.74, 6) is 0.0260. The van der Waals surface area contributed by atoms with Gasteiger partial charge in [0.25, 0.3) is 0 Å². The van der Waals surface area contributed by atoms with Crippen molar-refractivity contribution in [3.8, 4) is 0 Å². The molecule has 0 aromatic heterocycles. The summed E-state index contributed by atoms with van der Waals surface area (Å²) in [6.45, 7) is 0. The normalized spacial score (nSPS) is 22.9. The van der Waals surface area contributed by atoms with Crippen molar-refractivity contribution in [2.45, 2.75) is 43.9 Å². The van der Waals surface area contributed by atoms with Crippen LogP contribution >= 0.6 is 12.4 Å². The van der Waals surface area contributed by atoms with Gasteiger partial charge in [0.15, 0.2) is 0 Å². The van der Waals surface area contributed by atoms with Crippen LogP contribution in [0.15, 0.2) is 30.3 Å². The van der Waals surface area contributed by atoms with Gasteiger partial charge in [-0.2, -0.15) is 0 Å². The fraction of sp³-hybridized carbons (Fsp3) is 0.533. The van der Waals surface area contributed by atoms with Crippen LogP contribution in [0.4, 0.5) is 0 Å². The van der Waals surface area contributed by atoms with Gasteiger partial charge in [-0.25, -0.2) is 0 Å². The van der Waals surface area contributed by atoms with Crippen LogP contribution in [0.3, 0.4) is 0 Å². The lowest BCUT2D eigenvalue weighted by molar-refractivity contribution is -0.122. The Morgan fingerprint density at radius 2 is 2.10 bits per heavy atom. The summed E-state index contributed by atoms with van der Waals surface area (Å²) >= 11 is 0. The number of carbonyl (C=O) groups is 1. The van der Waals surface area contributed by atoms with Crippen LogP contribution in [0.1, 0.15) is 37.3 Å². The van der Waals surface area contributed by atoms with E-state index in [4.69, 9.17) is 10.5 Å². The zero-order chi connectivity index (χ0) is 13.7. The average molecular weight is 299 g/mol. The lowest BCUT2D eigenvalue weighted by atomic mass is 10.0. The summed E-state index contributed by atoms with van der Waals surface area (Å²) in [5.41, 5.74) is 7.04. The average Bonchev–Trinajstić information content (AvgIpc) is 2.87. The van der Waals surface area contributed by atoms with Crippen LogP contribution < -0.4 is 11.1 Å². The molecule has 20 heavy (non-hydrogen) atoms. The summed E-state index contributed by atoms with van der Waals surface area (Å²) in [5, 5.41) is 3.04. The molecule has 0 spiro atoms. The summed E-state index contributed by atoms with van der Waals surface area (Å²) in [4.78, 5) is 11.9. The van der Waals surface area contributed by atoms with Crippen molar-refractivity contribution in [2.75, 3.05) is 7.11 Å². The molecule has 3 N–H and O–H groups in total. The molecule has 4 nitrogen and oxygen atoms in total. The van der Waals surface area contributed by atoms with E-state index >= 15 is 0 Å². The number of methoxy groups -OCH3 is 1. The smallest absolute Gasteiger partial charge is 0.222 e.